The SMILES string of the molecule is CC(C)c1ccc(Cl)c(C(C)C)c1NC(=O)NS(=O)(=O)c1cnc(C(C)(C)O)s1. The lowest BCUT2D eigenvalue weighted by atomic mass is 9.92. The van der Waals surface area contributed by atoms with E-state index in [0.29, 0.717) is 10.7 Å². The van der Waals surface area contributed by atoms with Crippen LogP contribution in [0.4, 0.5) is 10.5 Å². The first-order valence-corrected chi connectivity index (χ1v) is 11.8. The molecule has 0 saturated heterocycles. The standard InChI is InChI=1S/C19H26ClN3O4S2/c1-10(2)12-7-8-13(20)15(11(3)4)16(12)22-18(24)23-29(26,27)14-9-21-17(28-14)19(5,6)25/h7-11,25H,1-6H3,(H2,22,23,24). The third kappa shape index (κ3) is 5.48. The van der Waals surface area contributed by atoms with E-state index in [-0.39, 0.29) is 21.1 Å². The van der Waals surface area contributed by atoms with Gasteiger partial charge in [-0.2, -0.15) is 0 Å². The number of thiazole rings is 1. The van der Waals surface area contributed by atoms with Crippen LogP contribution in [-0.2, 0) is 15.6 Å². The molecule has 0 aliphatic heterocycles. The fourth-order valence-electron chi connectivity index (χ4n) is 2.77. The number of aliphatic hydroxyl groups is 1. The molecular formula is C19H26ClN3O4S2. The molecule has 2 amide bonds. The number of rotatable bonds is 6. The maximum Gasteiger partial charge on any atom is 0.333 e. The Kier molecular flexibility index (Phi) is 6.99. The number of benzene rings is 1. The van der Waals surface area contributed by atoms with Gasteiger partial charge < -0.3 is 10.4 Å². The lowest BCUT2D eigenvalue weighted by Gasteiger charge is -2.21. The van der Waals surface area contributed by atoms with E-state index < -0.39 is 21.7 Å². The van der Waals surface area contributed by atoms with Gasteiger partial charge in [-0.05, 0) is 42.9 Å². The van der Waals surface area contributed by atoms with E-state index in [0.717, 1.165) is 28.7 Å². The Bertz CT molecular complexity index is 1010. The Morgan fingerprint density at radius 2 is 1.83 bits per heavy atom. The first-order valence-electron chi connectivity index (χ1n) is 9.08. The highest BCUT2D eigenvalue weighted by atomic mass is 35.5. The van der Waals surface area contributed by atoms with E-state index in [2.05, 4.69) is 10.3 Å². The van der Waals surface area contributed by atoms with Crippen molar-refractivity contribution in [2.24, 2.45) is 0 Å². The lowest BCUT2D eigenvalue weighted by Crippen LogP contribution is -2.34. The summed E-state index contributed by atoms with van der Waals surface area (Å²) in [5.74, 6) is 0.108. The van der Waals surface area contributed by atoms with Gasteiger partial charge in [0, 0.05) is 5.02 Å². The predicted octanol–water partition coefficient (Wildman–Crippen LogP) is 4.78. The molecule has 0 saturated carbocycles. The molecular weight excluding hydrogens is 434 g/mol. The lowest BCUT2D eigenvalue weighted by molar-refractivity contribution is 0.0783. The molecule has 3 N–H and O–H groups in total. The van der Waals surface area contributed by atoms with Crippen LogP contribution in [0.1, 0.15) is 69.5 Å². The van der Waals surface area contributed by atoms with Crippen LogP contribution in [0, 0.1) is 0 Å². The molecule has 7 nitrogen and oxygen atoms in total. The van der Waals surface area contributed by atoms with Crippen LogP contribution in [0.2, 0.25) is 5.02 Å². The summed E-state index contributed by atoms with van der Waals surface area (Å²) in [5, 5.41) is 13.4. The molecule has 0 atom stereocenters. The molecule has 29 heavy (non-hydrogen) atoms. The van der Waals surface area contributed by atoms with Gasteiger partial charge in [-0.3, -0.25) is 0 Å². The summed E-state index contributed by atoms with van der Waals surface area (Å²) in [6.07, 6.45) is 1.12. The van der Waals surface area contributed by atoms with Gasteiger partial charge in [-0.25, -0.2) is 22.9 Å². The molecule has 1 aromatic heterocycles. The smallest absolute Gasteiger partial charge is 0.333 e. The predicted molar refractivity (Wildman–Crippen MR) is 116 cm³/mol. The maximum atomic E-state index is 12.6. The number of nitrogens with zero attached hydrogens (tertiary/aromatic N) is 1. The number of nitrogens with one attached hydrogen (secondary N) is 2. The van der Waals surface area contributed by atoms with Gasteiger partial charge in [0.25, 0.3) is 10.0 Å². The minimum atomic E-state index is -4.15. The van der Waals surface area contributed by atoms with Gasteiger partial charge in [0.15, 0.2) is 4.21 Å². The number of hydrogen-bond acceptors (Lipinski definition) is 6. The number of halogens is 1. The second-order valence-corrected chi connectivity index (χ2v) is 11.2. The summed E-state index contributed by atoms with van der Waals surface area (Å²) in [5.41, 5.74) is 0.830. The van der Waals surface area contributed by atoms with Crippen LogP contribution >= 0.6 is 22.9 Å². The number of carbonyl (C=O) groups is 1. The second-order valence-electron chi connectivity index (χ2n) is 7.84. The third-order valence-electron chi connectivity index (χ3n) is 4.16. The average Bonchev–Trinajstić information content (AvgIpc) is 3.04. The van der Waals surface area contributed by atoms with E-state index in [9.17, 15) is 18.3 Å². The first-order chi connectivity index (χ1) is 13.2. The molecule has 0 spiro atoms. The summed E-state index contributed by atoms with van der Waals surface area (Å²) in [7, 11) is -4.15. The summed E-state index contributed by atoms with van der Waals surface area (Å²) < 4.78 is 27.0. The third-order valence-corrected chi connectivity index (χ3v) is 7.59. The van der Waals surface area contributed by atoms with Gasteiger partial charge in [0.05, 0.1) is 11.9 Å². The van der Waals surface area contributed by atoms with Crippen molar-refractivity contribution in [2.75, 3.05) is 5.32 Å². The first kappa shape index (κ1) is 23.6. The van der Waals surface area contributed by atoms with Gasteiger partial charge in [0.2, 0.25) is 0 Å². The highest BCUT2D eigenvalue weighted by molar-refractivity contribution is 7.92. The molecule has 1 aromatic carbocycles. The molecule has 0 radical (unpaired) electrons. The van der Waals surface area contributed by atoms with Crippen LogP contribution in [0.25, 0.3) is 0 Å². The van der Waals surface area contributed by atoms with Crippen LogP contribution in [-0.4, -0.2) is 24.5 Å². The highest BCUT2D eigenvalue weighted by Gasteiger charge is 2.27. The number of amides is 2. The van der Waals surface area contributed by atoms with Gasteiger partial charge in [-0.15, -0.1) is 11.3 Å². The molecule has 10 heteroatoms. The summed E-state index contributed by atoms with van der Waals surface area (Å²) in [6, 6.07) is 2.71. The zero-order chi connectivity index (χ0) is 22.1. The van der Waals surface area contributed by atoms with E-state index >= 15 is 0 Å². The highest BCUT2D eigenvalue weighted by Crippen LogP contribution is 2.37. The van der Waals surface area contributed by atoms with Gasteiger partial charge >= 0.3 is 6.03 Å². The normalized spacial score (nSPS) is 12.5. The maximum absolute atomic E-state index is 12.6. The van der Waals surface area contributed by atoms with Gasteiger partial charge in [-0.1, -0.05) is 45.4 Å². The average molecular weight is 460 g/mol. The number of anilines is 1. The minimum Gasteiger partial charge on any atom is -0.383 e. The van der Waals surface area contributed by atoms with Crippen LogP contribution < -0.4 is 10.0 Å². The Labute approximate surface area is 180 Å². The Morgan fingerprint density at radius 3 is 2.31 bits per heavy atom. The zero-order valence-electron chi connectivity index (χ0n) is 17.2. The largest absolute Gasteiger partial charge is 0.383 e. The van der Waals surface area contributed by atoms with Crippen molar-refractivity contribution in [3.63, 3.8) is 0 Å². The summed E-state index contributed by atoms with van der Waals surface area (Å²) in [4.78, 5) is 16.5. The molecule has 1 heterocycles. The number of hydrogen-bond donors (Lipinski definition) is 3. The van der Waals surface area contributed by atoms with Crippen molar-refractivity contribution < 1.29 is 18.3 Å². The number of carbonyl (C=O) groups excluding carboxylic acids is 1. The monoisotopic (exact) mass is 459 g/mol. The molecule has 2 rings (SSSR count). The topological polar surface area (TPSA) is 108 Å². The fraction of sp³-hybridized carbons (Fsp3) is 0.474. The van der Waals surface area contributed by atoms with Crippen LogP contribution in [0.15, 0.2) is 22.5 Å². The second kappa shape index (κ2) is 8.59. The van der Waals surface area contributed by atoms with Crippen molar-refractivity contribution in [3.05, 3.63) is 39.5 Å². The van der Waals surface area contributed by atoms with Crippen molar-refractivity contribution in [1.82, 2.24) is 9.71 Å². The summed E-state index contributed by atoms with van der Waals surface area (Å²) >= 11 is 7.14. The van der Waals surface area contributed by atoms with Crippen molar-refractivity contribution in [1.29, 1.82) is 0 Å². The molecule has 0 aliphatic carbocycles. The quantitative estimate of drug-likeness (QED) is 0.575. The van der Waals surface area contributed by atoms with Crippen LogP contribution in [0.3, 0.4) is 0 Å². The van der Waals surface area contributed by atoms with Gasteiger partial charge in [0.1, 0.15) is 10.6 Å². The Balaban J connectivity index is 2.33. The Hall–Kier alpha value is -1.68. The molecule has 0 aliphatic rings. The number of sulfonamides is 1. The molecule has 160 valence electrons. The Morgan fingerprint density at radius 1 is 1.21 bits per heavy atom. The summed E-state index contributed by atoms with van der Waals surface area (Å²) in [6.45, 7) is 10.8. The molecule has 0 bridgehead atoms. The molecule has 0 fully saturated rings. The molecule has 2 aromatic rings. The van der Waals surface area contributed by atoms with E-state index in [4.69, 9.17) is 11.6 Å². The number of aromatic nitrogens is 1. The fourth-order valence-corrected chi connectivity index (χ4v) is 5.19. The van der Waals surface area contributed by atoms with E-state index in [1.807, 2.05) is 38.5 Å². The molecule has 0 unspecified atom stereocenters. The van der Waals surface area contributed by atoms with E-state index in [1.54, 1.807) is 6.07 Å². The van der Waals surface area contributed by atoms with E-state index in [1.165, 1.54) is 13.8 Å². The van der Waals surface area contributed by atoms with Crippen molar-refractivity contribution >= 4 is 44.7 Å². The zero-order valence-corrected chi connectivity index (χ0v) is 19.6. The van der Waals surface area contributed by atoms with Crippen molar-refractivity contribution in [2.45, 2.75) is 63.2 Å². The van der Waals surface area contributed by atoms with Crippen molar-refractivity contribution in [3.8, 4) is 0 Å². The minimum absolute atomic E-state index is 0.0175. The van der Waals surface area contributed by atoms with Crippen LogP contribution in [0.5, 0.6) is 0 Å². The number of urea groups is 1.